The SMILES string of the molecule is CC(C)=C[C@@H]1C=C(C=O)[C@H]2CC[C@@]3(C)C[C@@]4(O[C@H]4C[C@@H]3O)[C@H]2[C@H]1O. The molecule has 0 aromatic heterocycles. The Kier molecular flexibility index (Phi) is 3.62. The number of ether oxygens (including phenoxy) is 1. The lowest BCUT2D eigenvalue weighted by Gasteiger charge is -2.43. The molecule has 0 amide bonds. The van der Waals surface area contributed by atoms with E-state index in [1.165, 1.54) is 0 Å². The van der Waals surface area contributed by atoms with Crippen molar-refractivity contribution in [3.05, 3.63) is 23.3 Å². The molecule has 3 fully saturated rings. The van der Waals surface area contributed by atoms with Gasteiger partial charge in [-0.2, -0.15) is 0 Å². The second kappa shape index (κ2) is 5.26. The Morgan fingerprint density at radius 2 is 2.12 bits per heavy atom. The smallest absolute Gasteiger partial charge is 0.146 e. The standard InChI is InChI=1S/C20H28O4/c1-11(2)6-12-7-13(9-21)14-4-5-19(3)10-20(17(14)18(12)23)16(24-20)8-15(19)22/h6-7,9,12,14-18,22-23H,4-5,8,10H2,1-3H3/t12-,14-,15+,16+,17-,18+,19+,20+/m1/s1. The highest BCUT2D eigenvalue weighted by atomic mass is 16.6. The lowest BCUT2D eigenvalue weighted by Crippen LogP contribution is -2.50. The largest absolute Gasteiger partial charge is 0.392 e. The molecule has 1 spiro atoms. The molecule has 1 saturated heterocycles. The van der Waals surface area contributed by atoms with Crippen LogP contribution >= 0.6 is 0 Å². The maximum absolute atomic E-state index is 11.8. The number of hydrogen-bond donors (Lipinski definition) is 2. The molecule has 4 nitrogen and oxygen atoms in total. The second-order valence-electron chi connectivity index (χ2n) is 8.91. The highest BCUT2D eigenvalue weighted by molar-refractivity contribution is 5.75. The summed E-state index contributed by atoms with van der Waals surface area (Å²) in [5.74, 6) is -0.147. The van der Waals surface area contributed by atoms with Crippen LogP contribution in [0.3, 0.4) is 0 Å². The summed E-state index contributed by atoms with van der Waals surface area (Å²) < 4.78 is 6.15. The highest BCUT2D eigenvalue weighted by Crippen LogP contribution is 2.65. The molecule has 4 heteroatoms. The lowest BCUT2D eigenvalue weighted by molar-refractivity contribution is -0.106. The van der Waals surface area contributed by atoms with Crippen molar-refractivity contribution in [3.63, 3.8) is 0 Å². The topological polar surface area (TPSA) is 70.1 Å². The van der Waals surface area contributed by atoms with Gasteiger partial charge in [0.25, 0.3) is 0 Å². The van der Waals surface area contributed by atoms with Gasteiger partial charge in [0.15, 0.2) is 0 Å². The maximum Gasteiger partial charge on any atom is 0.146 e. The number of carbonyl (C=O) groups is 1. The van der Waals surface area contributed by atoms with Crippen molar-refractivity contribution < 1.29 is 19.7 Å². The zero-order valence-electron chi connectivity index (χ0n) is 14.7. The summed E-state index contributed by atoms with van der Waals surface area (Å²) in [7, 11) is 0. The van der Waals surface area contributed by atoms with Gasteiger partial charge in [-0.3, -0.25) is 4.79 Å². The molecule has 1 aliphatic heterocycles. The number of rotatable bonds is 2. The molecule has 4 aliphatic rings. The Bertz CT molecular complexity index is 619. The third-order valence-electron chi connectivity index (χ3n) is 7.03. The fourth-order valence-electron chi connectivity index (χ4n) is 5.78. The quantitative estimate of drug-likeness (QED) is 0.463. The van der Waals surface area contributed by atoms with E-state index in [0.29, 0.717) is 6.42 Å². The number of fused-ring (bicyclic) bond motifs is 2. The fourth-order valence-corrected chi connectivity index (χ4v) is 5.78. The summed E-state index contributed by atoms with van der Waals surface area (Å²) in [6.07, 6.45) is 7.27. The summed E-state index contributed by atoms with van der Waals surface area (Å²) in [6, 6.07) is 0. The fraction of sp³-hybridized carbons (Fsp3) is 0.750. The monoisotopic (exact) mass is 332 g/mol. The van der Waals surface area contributed by atoms with Crippen LogP contribution in [0, 0.1) is 23.2 Å². The van der Waals surface area contributed by atoms with Crippen LogP contribution in [0.15, 0.2) is 23.3 Å². The average Bonchev–Trinajstić information content (AvgIpc) is 3.21. The third-order valence-corrected chi connectivity index (χ3v) is 7.03. The number of carbonyl (C=O) groups excluding carboxylic acids is 1. The Morgan fingerprint density at radius 1 is 1.38 bits per heavy atom. The lowest BCUT2D eigenvalue weighted by atomic mass is 9.61. The molecule has 0 radical (unpaired) electrons. The molecule has 132 valence electrons. The van der Waals surface area contributed by atoms with E-state index in [0.717, 1.165) is 36.7 Å². The van der Waals surface area contributed by atoms with Gasteiger partial charge in [-0.25, -0.2) is 0 Å². The highest BCUT2D eigenvalue weighted by Gasteiger charge is 2.72. The number of allylic oxidation sites excluding steroid dienone is 2. The summed E-state index contributed by atoms with van der Waals surface area (Å²) >= 11 is 0. The van der Waals surface area contributed by atoms with E-state index in [-0.39, 0.29) is 41.0 Å². The first-order valence-electron chi connectivity index (χ1n) is 9.16. The molecular formula is C20H28O4. The van der Waals surface area contributed by atoms with Crippen LogP contribution in [-0.2, 0) is 9.53 Å². The van der Waals surface area contributed by atoms with Crippen molar-refractivity contribution in [2.45, 2.75) is 70.4 Å². The van der Waals surface area contributed by atoms with E-state index >= 15 is 0 Å². The molecular weight excluding hydrogens is 304 g/mol. The Labute approximate surface area is 143 Å². The molecule has 4 rings (SSSR count). The van der Waals surface area contributed by atoms with Gasteiger partial charge in [-0.1, -0.05) is 24.6 Å². The summed E-state index contributed by atoms with van der Waals surface area (Å²) in [5, 5.41) is 21.7. The molecule has 2 saturated carbocycles. The van der Waals surface area contributed by atoms with Crippen LogP contribution in [0.2, 0.25) is 0 Å². The summed E-state index contributed by atoms with van der Waals surface area (Å²) in [5.41, 5.74) is 1.42. The van der Waals surface area contributed by atoms with Crippen molar-refractivity contribution >= 4 is 6.29 Å². The molecule has 0 aromatic carbocycles. The van der Waals surface area contributed by atoms with Crippen LogP contribution in [0.25, 0.3) is 0 Å². The number of hydrogen-bond acceptors (Lipinski definition) is 4. The van der Waals surface area contributed by atoms with Crippen molar-refractivity contribution in [1.29, 1.82) is 0 Å². The number of epoxide rings is 1. The van der Waals surface area contributed by atoms with Gasteiger partial charge in [0.1, 0.15) is 11.9 Å². The van der Waals surface area contributed by atoms with Crippen molar-refractivity contribution in [2.75, 3.05) is 0 Å². The minimum atomic E-state index is -0.531. The molecule has 8 atom stereocenters. The molecule has 24 heavy (non-hydrogen) atoms. The molecule has 2 N–H and O–H groups in total. The number of aliphatic hydroxyl groups excluding tert-OH is 2. The van der Waals surface area contributed by atoms with Crippen molar-refractivity contribution in [1.82, 2.24) is 0 Å². The van der Waals surface area contributed by atoms with Gasteiger partial charge in [-0.05, 0) is 50.0 Å². The van der Waals surface area contributed by atoms with Crippen LogP contribution in [0.1, 0.15) is 46.5 Å². The number of aldehydes is 1. The average molecular weight is 332 g/mol. The maximum atomic E-state index is 11.8. The first-order valence-corrected chi connectivity index (χ1v) is 9.16. The first-order chi connectivity index (χ1) is 11.3. The van der Waals surface area contributed by atoms with Gasteiger partial charge >= 0.3 is 0 Å². The van der Waals surface area contributed by atoms with Gasteiger partial charge in [0.2, 0.25) is 0 Å². The zero-order valence-corrected chi connectivity index (χ0v) is 14.7. The van der Waals surface area contributed by atoms with Crippen LogP contribution in [-0.4, -0.2) is 40.4 Å². The molecule has 2 bridgehead atoms. The Balaban J connectivity index is 1.78. The van der Waals surface area contributed by atoms with E-state index < -0.39 is 6.10 Å². The summed E-state index contributed by atoms with van der Waals surface area (Å²) in [6.45, 7) is 6.17. The van der Waals surface area contributed by atoms with Crippen LogP contribution in [0.5, 0.6) is 0 Å². The molecule has 0 unspecified atom stereocenters. The summed E-state index contributed by atoms with van der Waals surface area (Å²) in [4.78, 5) is 11.8. The predicted molar refractivity (Wildman–Crippen MR) is 90.2 cm³/mol. The van der Waals surface area contributed by atoms with E-state index in [1.807, 2.05) is 19.9 Å². The van der Waals surface area contributed by atoms with E-state index in [9.17, 15) is 15.0 Å². The van der Waals surface area contributed by atoms with Gasteiger partial charge in [0, 0.05) is 18.3 Å². The normalized spacial score (nSPS) is 52.3. The Morgan fingerprint density at radius 3 is 2.79 bits per heavy atom. The predicted octanol–water partition coefficient (Wildman–Crippen LogP) is 2.39. The van der Waals surface area contributed by atoms with E-state index in [1.54, 1.807) is 0 Å². The number of aliphatic hydroxyl groups is 2. The van der Waals surface area contributed by atoms with Gasteiger partial charge < -0.3 is 14.9 Å². The van der Waals surface area contributed by atoms with Crippen molar-refractivity contribution in [2.24, 2.45) is 23.2 Å². The van der Waals surface area contributed by atoms with E-state index in [2.05, 4.69) is 13.0 Å². The minimum absolute atomic E-state index is 0.0270. The first kappa shape index (κ1) is 16.5. The van der Waals surface area contributed by atoms with Crippen molar-refractivity contribution in [3.8, 4) is 0 Å². The second-order valence-corrected chi connectivity index (χ2v) is 8.91. The molecule has 1 heterocycles. The minimum Gasteiger partial charge on any atom is -0.392 e. The van der Waals surface area contributed by atoms with E-state index in [4.69, 9.17) is 4.74 Å². The van der Waals surface area contributed by atoms with Gasteiger partial charge in [-0.15, -0.1) is 0 Å². The molecule has 0 aromatic rings. The van der Waals surface area contributed by atoms with Crippen LogP contribution < -0.4 is 0 Å². The van der Waals surface area contributed by atoms with Crippen LogP contribution in [0.4, 0.5) is 0 Å². The molecule has 3 aliphatic carbocycles. The zero-order chi connectivity index (χ0) is 17.3. The van der Waals surface area contributed by atoms with Gasteiger partial charge in [0.05, 0.1) is 18.3 Å². The third kappa shape index (κ3) is 2.19. The Hall–Kier alpha value is -0.970.